The summed E-state index contributed by atoms with van der Waals surface area (Å²) >= 11 is 6.87. The average Bonchev–Trinajstić information content (AvgIpc) is 3.22. The molecule has 3 aromatic rings. The summed E-state index contributed by atoms with van der Waals surface area (Å²) in [7, 11) is 0. The van der Waals surface area contributed by atoms with E-state index in [2.05, 4.69) is 14.7 Å². The monoisotopic (exact) mass is 362 g/mol. The Hall–Kier alpha value is -2.58. The quantitative estimate of drug-likeness (QED) is 0.512. The van der Waals surface area contributed by atoms with E-state index in [9.17, 15) is 9.59 Å². The van der Waals surface area contributed by atoms with Crippen molar-refractivity contribution in [3.63, 3.8) is 0 Å². The van der Waals surface area contributed by atoms with Crippen molar-refractivity contribution in [1.82, 2.24) is 19.4 Å². The Morgan fingerprint density at radius 1 is 1.38 bits per heavy atom. The molecule has 3 rings (SSSR count). The molecule has 24 heavy (non-hydrogen) atoms. The van der Waals surface area contributed by atoms with E-state index in [0.717, 1.165) is 17.1 Å². The second kappa shape index (κ2) is 6.90. The Bertz CT molecular complexity index is 889. The lowest BCUT2D eigenvalue weighted by atomic mass is 10.1. The third kappa shape index (κ3) is 3.06. The summed E-state index contributed by atoms with van der Waals surface area (Å²) in [5.74, 6) is -0.586. The van der Waals surface area contributed by atoms with E-state index < -0.39 is 5.97 Å². The Labute approximate surface area is 146 Å². The highest BCUT2D eigenvalue weighted by Crippen LogP contribution is 2.26. The van der Waals surface area contributed by atoms with Crippen LogP contribution >= 0.6 is 23.1 Å². The van der Waals surface area contributed by atoms with Crippen LogP contribution < -0.4 is 0 Å². The summed E-state index contributed by atoms with van der Waals surface area (Å²) < 4.78 is 10.1. The van der Waals surface area contributed by atoms with Gasteiger partial charge in [-0.05, 0) is 19.1 Å². The van der Waals surface area contributed by atoms with Crippen LogP contribution in [0.2, 0.25) is 5.02 Å². The molecule has 0 radical (unpaired) electrons. The van der Waals surface area contributed by atoms with Crippen LogP contribution in [0.5, 0.6) is 0 Å². The van der Waals surface area contributed by atoms with Gasteiger partial charge in [-0.3, -0.25) is 4.79 Å². The van der Waals surface area contributed by atoms with E-state index in [-0.39, 0.29) is 12.3 Å². The number of carbonyl (C=O) groups is 2. The van der Waals surface area contributed by atoms with E-state index in [1.165, 1.54) is 10.9 Å². The molecule has 0 aliphatic rings. The van der Waals surface area contributed by atoms with Gasteiger partial charge in [0.2, 0.25) is 5.69 Å². The smallest absolute Gasteiger partial charge is 0.362 e. The maximum absolute atomic E-state index is 11.9. The normalized spacial score (nSPS) is 10.6. The lowest BCUT2D eigenvalue weighted by molar-refractivity contribution is 0.0519. The summed E-state index contributed by atoms with van der Waals surface area (Å²) in [6.07, 6.45) is 2.22. The van der Waals surface area contributed by atoms with Crippen LogP contribution in [0.1, 0.15) is 27.8 Å². The molecular weight excluding hydrogens is 352 g/mol. The van der Waals surface area contributed by atoms with Gasteiger partial charge >= 0.3 is 5.97 Å². The maximum Gasteiger partial charge on any atom is 0.362 e. The third-order valence-corrected chi connectivity index (χ3v) is 4.10. The summed E-state index contributed by atoms with van der Waals surface area (Å²) in [6, 6.07) is 6.95. The zero-order valence-electron chi connectivity index (χ0n) is 12.5. The summed E-state index contributed by atoms with van der Waals surface area (Å²) in [4.78, 5) is 23.3. The number of esters is 1. The van der Waals surface area contributed by atoms with Crippen molar-refractivity contribution in [2.45, 2.75) is 6.92 Å². The van der Waals surface area contributed by atoms with Gasteiger partial charge < -0.3 is 4.74 Å². The minimum absolute atomic E-state index is 0.0597. The highest BCUT2D eigenvalue weighted by Gasteiger charge is 2.21. The van der Waals surface area contributed by atoms with Crippen LogP contribution in [-0.4, -0.2) is 38.2 Å². The van der Waals surface area contributed by atoms with Crippen molar-refractivity contribution in [2.75, 3.05) is 6.61 Å². The second-order valence-corrected chi connectivity index (χ2v) is 5.82. The number of rotatable bonds is 5. The molecule has 2 aromatic heterocycles. The van der Waals surface area contributed by atoms with Crippen molar-refractivity contribution in [3.05, 3.63) is 46.7 Å². The van der Waals surface area contributed by atoms with Crippen LogP contribution in [0.15, 0.2) is 30.5 Å². The van der Waals surface area contributed by atoms with E-state index in [4.69, 9.17) is 16.3 Å². The number of hydrogen-bond donors (Lipinski definition) is 0. The number of aromatic nitrogens is 4. The Morgan fingerprint density at radius 3 is 2.79 bits per heavy atom. The maximum atomic E-state index is 11.9. The zero-order chi connectivity index (χ0) is 17.1. The molecular formula is C15H11ClN4O3S. The average molecular weight is 363 g/mol. The number of benzene rings is 1. The highest BCUT2D eigenvalue weighted by atomic mass is 35.5. The molecule has 0 bridgehead atoms. The third-order valence-electron chi connectivity index (χ3n) is 3.13. The predicted molar refractivity (Wildman–Crippen MR) is 88.8 cm³/mol. The van der Waals surface area contributed by atoms with E-state index in [1.54, 1.807) is 31.2 Å². The van der Waals surface area contributed by atoms with Crippen LogP contribution in [0.3, 0.4) is 0 Å². The van der Waals surface area contributed by atoms with Gasteiger partial charge in [0.25, 0.3) is 0 Å². The molecule has 0 fully saturated rings. The highest BCUT2D eigenvalue weighted by molar-refractivity contribution is 7.08. The summed E-state index contributed by atoms with van der Waals surface area (Å²) in [5, 5.41) is 9.15. The Balaban J connectivity index is 2.05. The number of ether oxygens (including phenoxy) is 1. The second-order valence-electron chi connectivity index (χ2n) is 4.65. The first kappa shape index (κ1) is 16.3. The predicted octanol–water partition coefficient (Wildman–Crippen LogP) is 3.03. The number of carbonyl (C=O) groups excluding carboxylic acids is 2. The minimum Gasteiger partial charge on any atom is -0.461 e. The first-order valence-corrected chi connectivity index (χ1v) is 8.09. The summed E-state index contributed by atoms with van der Waals surface area (Å²) in [5.41, 5.74) is 1.64. The Morgan fingerprint density at radius 2 is 2.12 bits per heavy atom. The van der Waals surface area contributed by atoms with Crippen molar-refractivity contribution < 1.29 is 14.3 Å². The molecule has 7 nitrogen and oxygen atoms in total. The van der Waals surface area contributed by atoms with Gasteiger partial charge in [-0.15, -0.1) is 5.10 Å². The molecule has 0 saturated heterocycles. The molecule has 0 aliphatic carbocycles. The molecule has 0 aliphatic heterocycles. The van der Waals surface area contributed by atoms with Gasteiger partial charge in [0.05, 0.1) is 12.2 Å². The van der Waals surface area contributed by atoms with Crippen LogP contribution in [0.25, 0.3) is 16.3 Å². The van der Waals surface area contributed by atoms with Crippen LogP contribution in [0.4, 0.5) is 0 Å². The van der Waals surface area contributed by atoms with Gasteiger partial charge in [-0.25, -0.2) is 9.48 Å². The van der Waals surface area contributed by atoms with E-state index >= 15 is 0 Å². The molecule has 0 spiro atoms. The standard InChI is InChI=1S/C15H11ClN4O3S/c1-2-23-15(22)13-14(24-19-17-13)20-7-10(8-21)12(18-20)9-3-5-11(16)6-4-9/h3-8H,2H2,1H3. The molecule has 0 unspecified atom stereocenters. The number of hydrogen-bond acceptors (Lipinski definition) is 7. The van der Waals surface area contributed by atoms with Gasteiger partial charge in [0.15, 0.2) is 11.3 Å². The molecule has 0 N–H and O–H groups in total. The van der Waals surface area contributed by atoms with Crippen molar-refractivity contribution in [3.8, 4) is 16.3 Å². The molecule has 9 heteroatoms. The summed E-state index contributed by atoms with van der Waals surface area (Å²) in [6.45, 7) is 1.93. The molecule has 2 heterocycles. The number of nitrogens with zero attached hydrogens (tertiary/aromatic N) is 4. The van der Waals surface area contributed by atoms with E-state index in [1.807, 2.05) is 0 Å². The zero-order valence-corrected chi connectivity index (χ0v) is 14.0. The molecule has 122 valence electrons. The van der Waals surface area contributed by atoms with E-state index in [0.29, 0.717) is 27.6 Å². The first-order valence-electron chi connectivity index (χ1n) is 6.94. The molecule has 0 saturated carbocycles. The Kier molecular flexibility index (Phi) is 4.68. The fraction of sp³-hybridized carbons (Fsp3) is 0.133. The van der Waals surface area contributed by atoms with Crippen molar-refractivity contribution >= 4 is 35.4 Å². The fourth-order valence-corrected chi connectivity index (χ4v) is 2.79. The van der Waals surface area contributed by atoms with Crippen LogP contribution in [-0.2, 0) is 4.74 Å². The van der Waals surface area contributed by atoms with Gasteiger partial charge in [-0.2, -0.15) is 5.10 Å². The first-order chi connectivity index (χ1) is 11.6. The SMILES string of the molecule is CCOC(=O)c1nnsc1-n1cc(C=O)c(-c2ccc(Cl)cc2)n1. The fourth-order valence-electron chi connectivity index (χ4n) is 2.07. The number of aldehydes is 1. The topological polar surface area (TPSA) is 87.0 Å². The lowest BCUT2D eigenvalue weighted by Crippen LogP contribution is -2.09. The number of halogens is 1. The van der Waals surface area contributed by atoms with Crippen LogP contribution in [0, 0.1) is 0 Å². The van der Waals surface area contributed by atoms with Crippen molar-refractivity contribution in [2.24, 2.45) is 0 Å². The molecule has 0 atom stereocenters. The van der Waals surface area contributed by atoms with Gasteiger partial charge in [0, 0.05) is 28.3 Å². The minimum atomic E-state index is -0.586. The molecule has 0 amide bonds. The van der Waals surface area contributed by atoms with Gasteiger partial charge in [-0.1, -0.05) is 28.2 Å². The van der Waals surface area contributed by atoms with Gasteiger partial charge in [0.1, 0.15) is 5.69 Å². The lowest BCUT2D eigenvalue weighted by Gasteiger charge is -2.01. The van der Waals surface area contributed by atoms with Crippen molar-refractivity contribution in [1.29, 1.82) is 0 Å². The molecule has 1 aromatic carbocycles. The largest absolute Gasteiger partial charge is 0.461 e.